The van der Waals surface area contributed by atoms with Crippen molar-refractivity contribution in [2.24, 2.45) is 0 Å². The fourth-order valence-corrected chi connectivity index (χ4v) is 5.32. The summed E-state index contributed by atoms with van der Waals surface area (Å²) in [6.07, 6.45) is 1.84. The molecule has 0 spiro atoms. The van der Waals surface area contributed by atoms with Crippen molar-refractivity contribution in [1.29, 1.82) is 0 Å². The maximum Gasteiger partial charge on any atom is 0.287 e. The van der Waals surface area contributed by atoms with Crippen LogP contribution in [0.3, 0.4) is 0 Å². The standard InChI is InChI=1S/C28H28N4O2S/c33-25-13-11-22(12-14-25)20-30-15-17-31(18-16-30)26-19-29-32(24-9-5-2-6-10-24)28(34)27(26)35-21-23-7-3-1-4-8-23/h1-14,19,33H,15-18,20-21H2. The van der Waals surface area contributed by atoms with E-state index in [2.05, 4.69) is 27.0 Å². The number of aromatic hydroxyl groups is 1. The predicted molar refractivity (Wildman–Crippen MR) is 141 cm³/mol. The Bertz CT molecular complexity index is 1300. The Hall–Kier alpha value is -3.55. The molecule has 0 saturated carbocycles. The van der Waals surface area contributed by atoms with Crippen LogP contribution in [0.15, 0.2) is 101 Å². The van der Waals surface area contributed by atoms with Gasteiger partial charge in [0.05, 0.1) is 17.6 Å². The zero-order valence-corrected chi connectivity index (χ0v) is 20.3. The number of phenols is 1. The predicted octanol–water partition coefficient (Wildman–Crippen LogP) is 4.55. The summed E-state index contributed by atoms with van der Waals surface area (Å²) in [6, 6.07) is 27.2. The Morgan fingerprint density at radius 1 is 0.800 bits per heavy atom. The van der Waals surface area contributed by atoms with Crippen molar-refractivity contribution >= 4 is 17.4 Å². The van der Waals surface area contributed by atoms with Crippen LogP contribution in [0, 0.1) is 0 Å². The van der Waals surface area contributed by atoms with E-state index in [9.17, 15) is 9.90 Å². The number of nitrogens with zero attached hydrogens (tertiary/aromatic N) is 4. The van der Waals surface area contributed by atoms with Gasteiger partial charge in [-0.2, -0.15) is 9.78 Å². The highest BCUT2D eigenvalue weighted by Crippen LogP contribution is 2.30. The molecule has 0 bridgehead atoms. The maximum absolute atomic E-state index is 13.6. The highest BCUT2D eigenvalue weighted by atomic mass is 32.2. The highest BCUT2D eigenvalue weighted by molar-refractivity contribution is 7.98. The highest BCUT2D eigenvalue weighted by Gasteiger charge is 2.23. The largest absolute Gasteiger partial charge is 0.508 e. The molecular weight excluding hydrogens is 456 g/mol. The van der Waals surface area contributed by atoms with Gasteiger partial charge in [-0.3, -0.25) is 9.69 Å². The van der Waals surface area contributed by atoms with E-state index in [0.29, 0.717) is 0 Å². The van der Waals surface area contributed by atoms with Crippen molar-refractivity contribution in [2.45, 2.75) is 17.2 Å². The number of rotatable bonds is 7. The first-order valence-corrected chi connectivity index (χ1v) is 12.8. The van der Waals surface area contributed by atoms with Crippen LogP contribution in [0.5, 0.6) is 5.75 Å². The zero-order valence-electron chi connectivity index (χ0n) is 19.5. The molecule has 5 rings (SSSR count). The van der Waals surface area contributed by atoms with E-state index in [1.807, 2.05) is 66.9 Å². The van der Waals surface area contributed by atoms with Gasteiger partial charge in [0.15, 0.2) is 0 Å². The third-order valence-electron chi connectivity index (χ3n) is 6.20. The van der Waals surface area contributed by atoms with E-state index >= 15 is 0 Å². The van der Waals surface area contributed by atoms with Gasteiger partial charge < -0.3 is 10.0 Å². The second kappa shape index (κ2) is 10.8. The van der Waals surface area contributed by atoms with Gasteiger partial charge in [-0.25, -0.2) is 0 Å². The van der Waals surface area contributed by atoms with Crippen molar-refractivity contribution in [1.82, 2.24) is 14.7 Å². The van der Waals surface area contributed by atoms with Crippen LogP contribution in [-0.2, 0) is 12.3 Å². The number of piperazine rings is 1. The third kappa shape index (κ3) is 5.58. The van der Waals surface area contributed by atoms with Crippen LogP contribution >= 0.6 is 11.8 Å². The molecular formula is C28H28N4O2S. The number of anilines is 1. The number of benzene rings is 3. The normalized spacial score (nSPS) is 14.2. The van der Waals surface area contributed by atoms with Crippen LogP contribution in [-0.4, -0.2) is 46.0 Å². The number of para-hydroxylation sites is 1. The molecule has 7 heteroatoms. The molecule has 1 aliphatic rings. The van der Waals surface area contributed by atoms with Gasteiger partial charge in [0.1, 0.15) is 10.6 Å². The first kappa shape index (κ1) is 23.2. The number of hydrogen-bond donors (Lipinski definition) is 1. The quantitative estimate of drug-likeness (QED) is 0.388. The van der Waals surface area contributed by atoms with Gasteiger partial charge >= 0.3 is 0 Å². The average molecular weight is 485 g/mol. The van der Waals surface area contributed by atoms with E-state index in [4.69, 9.17) is 0 Å². The molecule has 1 fully saturated rings. The topological polar surface area (TPSA) is 61.6 Å². The van der Waals surface area contributed by atoms with Crippen LogP contribution < -0.4 is 10.5 Å². The lowest BCUT2D eigenvalue weighted by atomic mass is 10.2. The number of hydrogen-bond acceptors (Lipinski definition) is 6. The summed E-state index contributed by atoms with van der Waals surface area (Å²) in [5.74, 6) is 1.01. The summed E-state index contributed by atoms with van der Waals surface area (Å²) in [5.41, 5.74) is 3.96. The molecule has 6 nitrogen and oxygen atoms in total. The molecule has 1 saturated heterocycles. The van der Waals surface area contributed by atoms with E-state index in [1.54, 1.807) is 23.9 Å². The maximum atomic E-state index is 13.6. The summed E-state index contributed by atoms with van der Waals surface area (Å²) in [4.78, 5) is 19.0. The summed E-state index contributed by atoms with van der Waals surface area (Å²) < 4.78 is 1.50. The van der Waals surface area contributed by atoms with E-state index in [0.717, 1.165) is 54.7 Å². The van der Waals surface area contributed by atoms with Gasteiger partial charge in [0.25, 0.3) is 5.56 Å². The zero-order chi connectivity index (χ0) is 24.0. The molecule has 1 N–H and O–H groups in total. The minimum atomic E-state index is -0.0823. The lowest BCUT2D eigenvalue weighted by Gasteiger charge is -2.36. The Morgan fingerprint density at radius 2 is 1.46 bits per heavy atom. The molecule has 0 aliphatic carbocycles. The first-order valence-electron chi connectivity index (χ1n) is 11.8. The molecule has 4 aromatic rings. The summed E-state index contributed by atoms with van der Waals surface area (Å²) in [7, 11) is 0. The van der Waals surface area contributed by atoms with Crippen molar-refractivity contribution in [3.63, 3.8) is 0 Å². The fraction of sp³-hybridized carbons (Fsp3) is 0.214. The molecule has 0 unspecified atom stereocenters. The van der Waals surface area contributed by atoms with E-state index in [-0.39, 0.29) is 11.3 Å². The van der Waals surface area contributed by atoms with E-state index in [1.165, 1.54) is 15.8 Å². The monoisotopic (exact) mass is 484 g/mol. The number of thioether (sulfide) groups is 1. The first-order chi connectivity index (χ1) is 17.2. The minimum Gasteiger partial charge on any atom is -0.508 e. The van der Waals surface area contributed by atoms with Crippen LogP contribution in [0.1, 0.15) is 11.1 Å². The molecule has 178 valence electrons. The second-order valence-electron chi connectivity index (χ2n) is 8.62. The molecule has 2 heterocycles. The van der Waals surface area contributed by atoms with Gasteiger partial charge in [-0.05, 0) is 35.4 Å². The van der Waals surface area contributed by atoms with Gasteiger partial charge in [0, 0.05) is 38.5 Å². The second-order valence-corrected chi connectivity index (χ2v) is 9.60. The van der Waals surface area contributed by atoms with Crippen molar-refractivity contribution in [3.05, 3.63) is 113 Å². The average Bonchev–Trinajstić information content (AvgIpc) is 2.91. The lowest BCUT2D eigenvalue weighted by Crippen LogP contribution is -2.46. The minimum absolute atomic E-state index is 0.0823. The molecule has 0 amide bonds. The number of phenolic OH excluding ortho intramolecular Hbond substituents is 1. The molecule has 0 atom stereocenters. The summed E-state index contributed by atoms with van der Waals surface area (Å²) >= 11 is 1.58. The van der Waals surface area contributed by atoms with Crippen LogP contribution in [0.4, 0.5) is 5.69 Å². The molecule has 0 radical (unpaired) electrons. The Morgan fingerprint density at radius 3 is 2.14 bits per heavy atom. The third-order valence-corrected chi connectivity index (χ3v) is 7.35. The summed E-state index contributed by atoms with van der Waals surface area (Å²) in [6.45, 7) is 4.29. The van der Waals surface area contributed by atoms with Crippen molar-refractivity contribution in [3.8, 4) is 11.4 Å². The van der Waals surface area contributed by atoms with E-state index < -0.39 is 0 Å². The Kier molecular flexibility index (Phi) is 7.16. The molecule has 3 aromatic carbocycles. The van der Waals surface area contributed by atoms with Gasteiger partial charge in [-0.1, -0.05) is 60.7 Å². The lowest BCUT2D eigenvalue weighted by molar-refractivity contribution is 0.249. The number of aromatic nitrogens is 2. The van der Waals surface area contributed by atoms with Crippen molar-refractivity contribution in [2.75, 3.05) is 31.1 Å². The SMILES string of the molecule is O=c1c(SCc2ccccc2)c(N2CCN(Cc3ccc(O)cc3)CC2)cnn1-c1ccccc1. The van der Waals surface area contributed by atoms with Crippen molar-refractivity contribution < 1.29 is 5.11 Å². The van der Waals surface area contributed by atoms with Gasteiger partial charge in [0.2, 0.25) is 0 Å². The summed E-state index contributed by atoms with van der Waals surface area (Å²) in [5, 5.41) is 14.1. The molecule has 1 aromatic heterocycles. The van der Waals surface area contributed by atoms with Crippen LogP contribution in [0.25, 0.3) is 5.69 Å². The van der Waals surface area contributed by atoms with Gasteiger partial charge in [-0.15, -0.1) is 11.8 Å². The molecule has 1 aliphatic heterocycles. The smallest absolute Gasteiger partial charge is 0.287 e. The van der Waals surface area contributed by atoms with Crippen LogP contribution in [0.2, 0.25) is 0 Å². The Balaban J connectivity index is 1.37. The molecule has 35 heavy (non-hydrogen) atoms. The Labute approximate surface area is 209 Å². The fourth-order valence-electron chi connectivity index (χ4n) is 4.28.